The van der Waals surface area contributed by atoms with Crippen LogP contribution >= 0.6 is 34.8 Å². The van der Waals surface area contributed by atoms with Gasteiger partial charge in [-0.1, -0.05) is 65.1 Å². The zero-order chi connectivity index (χ0) is 19.4. The van der Waals surface area contributed by atoms with Crippen LogP contribution in [-0.2, 0) is 10.4 Å². The second kappa shape index (κ2) is 8.19. The maximum Gasteiger partial charge on any atom is 0.279 e. The molecular weight excluding hydrogens is 407 g/mol. The van der Waals surface area contributed by atoms with Crippen LogP contribution in [0.25, 0.3) is 0 Å². The number of anilines is 1. The highest BCUT2D eigenvalue weighted by Crippen LogP contribution is 2.33. The van der Waals surface area contributed by atoms with Crippen molar-refractivity contribution in [3.8, 4) is 0 Å². The first-order chi connectivity index (χ1) is 12.9. The number of carbonyl (C=O) groups excluding carboxylic acids is 1. The molecule has 0 aliphatic carbocycles. The number of nitrogens with one attached hydrogen (secondary N) is 2. The number of benzene rings is 3. The van der Waals surface area contributed by atoms with Crippen molar-refractivity contribution < 1.29 is 9.90 Å². The van der Waals surface area contributed by atoms with Gasteiger partial charge in [0.05, 0.1) is 5.69 Å². The molecule has 0 unspecified atom stereocenters. The molecule has 0 aliphatic heterocycles. The lowest BCUT2D eigenvalue weighted by Gasteiger charge is -2.28. The fourth-order valence-electron chi connectivity index (χ4n) is 2.64. The number of hydrogen-bond acceptors (Lipinski definition) is 3. The van der Waals surface area contributed by atoms with Gasteiger partial charge in [0.1, 0.15) is 0 Å². The Kier molecular flexibility index (Phi) is 5.92. The Morgan fingerprint density at radius 3 is 1.74 bits per heavy atom. The van der Waals surface area contributed by atoms with Crippen molar-refractivity contribution in [1.82, 2.24) is 5.43 Å². The molecule has 138 valence electrons. The molecule has 3 aromatic carbocycles. The van der Waals surface area contributed by atoms with Crippen molar-refractivity contribution in [2.45, 2.75) is 5.60 Å². The van der Waals surface area contributed by atoms with Gasteiger partial charge in [-0.05, 0) is 53.6 Å². The third-order valence-electron chi connectivity index (χ3n) is 3.96. The average molecular weight is 422 g/mol. The maximum atomic E-state index is 13.0. The van der Waals surface area contributed by atoms with Crippen LogP contribution in [-0.4, -0.2) is 11.0 Å². The topological polar surface area (TPSA) is 61.4 Å². The van der Waals surface area contributed by atoms with Gasteiger partial charge in [0.25, 0.3) is 5.91 Å². The summed E-state index contributed by atoms with van der Waals surface area (Å²) in [6.07, 6.45) is 0. The minimum Gasteiger partial charge on any atom is -0.372 e. The summed E-state index contributed by atoms with van der Waals surface area (Å²) in [4.78, 5) is 13.0. The first kappa shape index (κ1) is 19.5. The molecule has 3 aromatic rings. The van der Waals surface area contributed by atoms with E-state index < -0.39 is 11.5 Å². The number of rotatable bonds is 5. The fraction of sp³-hybridized carbons (Fsp3) is 0.0500. The quantitative estimate of drug-likeness (QED) is 0.507. The predicted octanol–water partition coefficient (Wildman–Crippen LogP) is 5.03. The lowest BCUT2D eigenvalue weighted by atomic mass is 9.85. The Bertz CT molecular complexity index is 933. The summed E-state index contributed by atoms with van der Waals surface area (Å²) < 4.78 is 0. The van der Waals surface area contributed by atoms with Gasteiger partial charge in [0.2, 0.25) is 0 Å². The van der Waals surface area contributed by atoms with E-state index in [1.165, 1.54) is 12.1 Å². The minimum absolute atomic E-state index is 0.308. The number of amides is 1. The Hall–Kier alpha value is -2.24. The Morgan fingerprint density at radius 2 is 1.26 bits per heavy atom. The van der Waals surface area contributed by atoms with Crippen LogP contribution in [0.3, 0.4) is 0 Å². The molecular formula is C20H15Cl3N2O2. The largest absolute Gasteiger partial charge is 0.372 e. The second-order valence-corrected chi connectivity index (χ2v) is 7.13. The van der Waals surface area contributed by atoms with Crippen molar-refractivity contribution in [2.75, 3.05) is 5.43 Å². The van der Waals surface area contributed by atoms with Gasteiger partial charge in [-0.15, -0.1) is 0 Å². The van der Waals surface area contributed by atoms with Gasteiger partial charge < -0.3 is 5.11 Å². The van der Waals surface area contributed by atoms with Gasteiger partial charge in [0.15, 0.2) is 5.60 Å². The molecule has 0 radical (unpaired) electrons. The van der Waals surface area contributed by atoms with Crippen LogP contribution in [0.2, 0.25) is 15.1 Å². The molecule has 1 amide bonds. The molecule has 0 aliphatic rings. The van der Waals surface area contributed by atoms with Gasteiger partial charge >= 0.3 is 0 Å². The van der Waals surface area contributed by atoms with E-state index in [-0.39, 0.29) is 0 Å². The van der Waals surface area contributed by atoms with E-state index in [2.05, 4.69) is 10.9 Å². The summed E-state index contributed by atoms with van der Waals surface area (Å²) in [5, 5.41) is 12.7. The van der Waals surface area contributed by atoms with E-state index in [0.29, 0.717) is 31.9 Å². The number of carbonyl (C=O) groups is 1. The first-order valence-electron chi connectivity index (χ1n) is 7.96. The van der Waals surface area contributed by atoms with Crippen LogP contribution in [0.5, 0.6) is 0 Å². The third-order valence-corrected chi connectivity index (χ3v) is 4.66. The lowest BCUT2D eigenvalue weighted by molar-refractivity contribution is -0.136. The molecule has 0 fully saturated rings. The van der Waals surface area contributed by atoms with Crippen LogP contribution < -0.4 is 10.9 Å². The van der Waals surface area contributed by atoms with Crippen molar-refractivity contribution in [3.05, 3.63) is 99.0 Å². The van der Waals surface area contributed by atoms with E-state index in [4.69, 9.17) is 34.8 Å². The van der Waals surface area contributed by atoms with E-state index in [9.17, 15) is 9.90 Å². The van der Waals surface area contributed by atoms with E-state index in [1.54, 1.807) is 60.7 Å². The van der Waals surface area contributed by atoms with Crippen LogP contribution in [0.15, 0.2) is 72.8 Å². The molecule has 0 bridgehead atoms. The summed E-state index contributed by atoms with van der Waals surface area (Å²) in [5.41, 5.74) is 4.44. The van der Waals surface area contributed by atoms with Crippen molar-refractivity contribution in [1.29, 1.82) is 0 Å². The highest BCUT2D eigenvalue weighted by molar-refractivity contribution is 6.31. The zero-order valence-corrected chi connectivity index (χ0v) is 16.2. The lowest BCUT2D eigenvalue weighted by Crippen LogP contribution is -2.47. The monoisotopic (exact) mass is 420 g/mol. The normalized spacial score (nSPS) is 11.1. The molecule has 27 heavy (non-hydrogen) atoms. The fourth-order valence-corrected chi connectivity index (χ4v) is 3.21. The third kappa shape index (κ3) is 4.37. The number of hydrogen-bond donors (Lipinski definition) is 3. The van der Waals surface area contributed by atoms with Crippen molar-refractivity contribution >= 4 is 46.4 Å². The summed E-state index contributed by atoms with van der Waals surface area (Å²) in [6.45, 7) is 0. The van der Waals surface area contributed by atoms with E-state index >= 15 is 0 Å². The molecule has 0 heterocycles. The Balaban J connectivity index is 1.97. The molecule has 4 nitrogen and oxygen atoms in total. The van der Waals surface area contributed by atoms with Gasteiger partial charge in [0, 0.05) is 15.1 Å². The summed E-state index contributed by atoms with van der Waals surface area (Å²) in [6, 6.07) is 19.7. The van der Waals surface area contributed by atoms with Gasteiger partial charge in [-0.3, -0.25) is 15.6 Å². The van der Waals surface area contributed by atoms with Gasteiger partial charge in [-0.25, -0.2) is 0 Å². The number of halogens is 3. The molecule has 3 rings (SSSR count). The predicted molar refractivity (Wildman–Crippen MR) is 109 cm³/mol. The summed E-state index contributed by atoms with van der Waals surface area (Å²) in [7, 11) is 0. The standard InChI is InChI=1S/C20H15Cl3N2O2/c21-15-6-1-4-13(10-15)20(27,14-5-2-7-16(22)11-14)19(26)25-24-18-9-3-8-17(23)12-18/h1-12,24,27H,(H,25,26). The molecule has 0 spiro atoms. The highest BCUT2D eigenvalue weighted by Gasteiger charge is 2.40. The molecule has 0 saturated heterocycles. The highest BCUT2D eigenvalue weighted by atomic mass is 35.5. The van der Waals surface area contributed by atoms with Gasteiger partial charge in [-0.2, -0.15) is 0 Å². The Labute approximate surface area is 171 Å². The SMILES string of the molecule is O=C(NNc1cccc(Cl)c1)C(O)(c1cccc(Cl)c1)c1cccc(Cl)c1. The smallest absolute Gasteiger partial charge is 0.279 e. The first-order valence-corrected chi connectivity index (χ1v) is 9.09. The summed E-state index contributed by atoms with van der Waals surface area (Å²) in [5.74, 6) is -0.702. The average Bonchev–Trinajstić information content (AvgIpc) is 2.65. The van der Waals surface area contributed by atoms with Crippen LogP contribution in [0, 0.1) is 0 Å². The molecule has 0 aromatic heterocycles. The van der Waals surface area contributed by atoms with Crippen LogP contribution in [0.1, 0.15) is 11.1 Å². The molecule has 0 saturated carbocycles. The number of aliphatic hydroxyl groups is 1. The minimum atomic E-state index is -2.01. The van der Waals surface area contributed by atoms with Crippen molar-refractivity contribution in [2.24, 2.45) is 0 Å². The maximum absolute atomic E-state index is 13.0. The van der Waals surface area contributed by atoms with Crippen molar-refractivity contribution in [3.63, 3.8) is 0 Å². The number of hydrazine groups is 1. The zero-order valence-electron chi connectivity index (χ0n) is 13.9. The van der Waals surface area contributed by atoms with E-state index in [1.807, 2.05) is 0 Å². The summed E-state index contributed by atoms with van der Waals surface area (Å²) >= 11 is 18.1. The van der Waals surface area contributed by atoms with E-state index in [0.717, 1.165) is 0 Å². The van der Waals surface area contributed by atoms with Crippen LogP contribution in [0.4, 0.5) is 5.69 Å². The molecule has 0 atom stereocenters. The molecule has 3 N–H and O–H groups in total. The molecule has 7 heteroatoms. The second-order valence-electron chi connectivity index (χ2n) is 5.82. The Morgan fingerprint density at radius 1 is 0.778 bits per heavy atom.